The zero-order valence-electron chi connectivity index (χ0n) is 11.4. The van der Waals surface area contributed by atoms with Crippen LogP contribution in [0.3, 0.4) is 0 Å². The van der Waals surface area contributed by atoms with Gasteiger partial charge in [0.05, 0.1) is 19.6 Å². The van der Waals surface area contributed by atoms with Crippen molar-refractivity contribution in [3.8, 4) is 11.5 Å². The van der Waals surface area contributed by atoms with Crippen molar-refractivity contribution in [2.24, 2.45) is 5.92 Å². The number of methoxy groups -OCH3 is 2. The average molecular weight is 348 g/mol. The standard InChI is InChI=1S/C15H20BrClO2/c1-18-12-9-8-11(15(19-2)13(12)16)14(17)10-6-4-3-5-7-10/h8-10,14H,3-7H2,1-2H3. The smallest absolute Gasteiger partial charge is 0.141 e. The van der Waals surface area contributed by atoms with Crippen LogP contribution in [0.4, 0.5) is 0 Å². The molecule has 0 aromatic heterocycles. The molecule has 1 aliphatic rings. The van der Waals surface area contributed by atoms with E-state index in [9.17, 15) is 0 Å². The Hall–Kier alpha value is -0.410. The molecule has 1 aromatic carbocycles. The minimum absolute atomic E-state index is 0.0115. The molecule has 1 aliphatic carbocycles. The monoisotopic (exact) mass is 346 g/mol. The first-order valence-corrected chi connectivity index (χ1v) is 7.96. The lowest BCUT2D eigenvalue weighted by atomic mass is 9.84. The summed E-state index contributed by atoms with van der Waals surface area (Å²) in [6.07, 6.45) is 6.33. The van der Waals surface area contributed by atoms with Crippen LogP contribution in [0.1, 0.15) is 43.0 Å². The molecule has 0 aliphatic heterocycles. The quantitative estimate of drug-likeness (QED) is 0.686. The lowest BCUT2D eigenvalue weighted by Gasteiger charge is -2.27. The average Bonchev–Trinajstić information content (AvgIpc) is 2.47. The fraction of sp³-hybridized carbons (Fsp3) is 0.600. The van der Waals surface area contributed by atoms with Gasteiger partial charge in [0.2, 0.25) is 0 Å². The van der Waals surface area contributed by atoms with Crippen molar-refractivity contribution < 1.29 is 9.47 Å². The first-order chi connectivity index (χ1) is 9.19. The lowest BCUT2D eigenvalue weighted by molar-refractivity contribution is 0.338. The molecule has 2 rings (SSSR count). The molecule has 1 saturated carbocycles. The Morgan fingerprint density at radius 3 is 2.42 bits per heavy atom. The molecule has 0 bridgehead atoms. The van der Waals surface area contributed by atoms with Crippen molar-refractivity contribution in [3.05, 3.63) is 22.2 Å². The summed E-state index contributed by atoms with van der Waals surface area (Å²) in [5, 5.41) is 0.0115. The van der Waals surface area contributed by atoms with Gasteiger partial charge in [0.15, 0.2) is 0 Å². The second-order valence-corrected chi connectivity index (χ2v) is 6.27. The molecule has 0 heterocycles. The van der Waals surface area contributed by atoms with Crippen LogP contribution >= 0.6 is 27.5 Å². The number of hydrogen-bond acceptors (Lipinski definition) is 2. The van der Waals surface area contributed by atoms with Gasteiger partial charge in [-0.3, -0.25) is 0 Å². The van der Waals surface area contributed by atoms with Crippen LogP contribution in [0.2, 0.25) is 0 Å². The van der Waals surface area contributed by atoms with Gasteiger partial charge < -0.3 is 9.47 Å². The van der Waals surface area contributed by atoms with Crippen molar-refractivity contribution in [1.29, 1.82) is 0 Å². The predicted octanol–water partition coefficient (Wildman–Crippen LogP) is 5.33. The van der Waals surface area contributed by atoms with Crippen LogP contribution in [-0.4, -0.2) is 14.2 Å². The third kappa shape index (κ3) is 3.19. The Morgan fingerprint density at radius 2 is 1.84 bits per heavy atom. The second kappa shape index (κ2) is 6.85. The summed E-state index contributed by atoms with van der Waals surface area (Å²) in [6.45, 7) is 0. The second-order valence-electron chi connectivity index (χ2n) is 5.00. The molecule has 0 radical (unpaired) electrons. The molecule has 1 aromatic rings. The maximum absolute atomic E-state index is 6.69. The van der Waals surface area contributed by atoms with Crippen LogP contribution in [0.15, 0.2) is 16.6 Å². The highest BCUT2D eigenvalue weighted by Gasteiger charge is 2.27. The van der Waals surface area contributed by atoms with Gasteiger partial charge >= 0.3 is 0 Å². The third-order valence-electron chi connectivity index (χ3n) is 3.88. The van der Waals surface area contributed by atoms with Gasteiger partial charge in [0.1, 0.15) is 16.0 Å². The van der Waals surface area contributed by atoms with E-state index in [1.807, 2.05) is 12.1 Å². The van der Waals surface area contributed by atoms with Crippen LogP contribution in [0, 0.1) is 5.92 Å². The maximum atomic E-state index is 6.69. The molecule has 106 valence electrons. The highest BCUT2D eigenvalue weighted by molar-refractivity contribution is 9.10. The number of benzene rings is 1. The van der Waals surface area contributed by atoms with E-state index < -0.39 is 0 Å². The maximum Gasteiger partial charge on any atom is 0.141 e. The molecular weight excluding hydrogens is 328 g/mol. The number of rotatable bonds is 4. The fourth-order valence-electron chi connectivity index (χ4n) is 2.82. The van der Waals surface area contributed by atoms with E-state index in [4.69, 9.17) is 21.1 Å². The van der Waals surface area contributed by atoms with E-state index in [-0.39, 0.29) is 5.38 Å². The van der Waals surface area contributed by atoms with Gasteiger partial charge in [0, 0.05) is 5.56 Å². The number of alkyl halides is 1. The largest absolute Gasteiger partial charge is 0.495 e. The Balaban J connectivity index is 2.30. The van der Waals surface area contributed by atoms with Crippen LogP contribution < -0.4 is 9.47 Å². The Kier molecular flexibility index (Phi) is 5.40. The summed E-state index contributed by atoms with van der Waals surface area (Å²) in [6, 6.07) is 3.97. The predicted molar refractivity (Wildman–Crippen MR) is 82.4 cm³/mol. The fourth-order valence-corrected chi connectivity index (χ4v) is 3.92. The SMILES string of the molecule is COc1ccc(C(Cl)C2CCCCC2)c(OC)c1Br. The minimum atomic E-state index is 0.0115. The van der Waals surface area contributed by atoms with Gasteiger partial charge in [-0.2, -0.15) is 0 Å². The molecule has 4 heteroatoms. The topological polar surface area (TPSA) is 18.5 Å². The Bertz CT molecular complexity index is 430. The zero-order valence-corrected chi connectivity index (χ0v) is 13.8. The van der Waals surface area contributed by atoms with E-state index in [2.05, 4.69) is 15.9 Å². The van der Waals surface area contributed by atoms with E-state index in [0.717, 1.165) is 21.5 Å². The summed E-state index contributed by atoms with van der Waals surface area (Å²) in [5.41, 5.74) is 1.06. The Morgan fingerprint density at radius 1 is 1.16 bits per heavy atom. The summed E-state index contributed by atoms with van der Waals surface area (Å²) < 4.78 is 11.7. The van der Waals surface area contributed by atoms with Crippen molar-refractivity contribution >= 4 is 27.5 Å². The molecule has 19 heavy (non-hydrogen) atoms. The van der Waals surface area contributed by atoms with Crippen LogP contribution in [0.5, 0.6) is 11.5 Å². The highest BCUT2D eigenvalue weighted by Crippen LogP contribution is 2.46. The van der Waals surface area contributed by atoms with Crippen LogP contribution in [-0.2, 0) is 0 Å². The van der Waals surface area contributed by atoms with Crippen molar-refractivity contribution in [2.45, 2.75) is 37.5 Å². The third-order valence-corrected chi connectivity index (χ3v) is 5.22. The molecule has 1 unspecified atom stereocenters. The van der Waals surface area contributed by atoms with E-state index >= 15 is 0 Å². The normalized spacial score (nSPS) is 18.1. The molecule has 0 amide bonds. The zero-order chi connectivity index (χ0) is 13.8. The summed E-state index contributed by atoms with van der Waals surface area (Å²) in [5.74, 6) is 2.11. The van der Waals surface area contributed by atoms with Crippen molar-refractivity contribution in [3.63, 3.8) is 0 Å². The molecule has 1 atom stereocenters. The van der Waals surface area contributed by atoms with Crippen molar-refractivity contribution in [2.75, 3.05) is 14.2 Å². The first-order valence-electron chi connectivity index (χ1n) is 6.73. The van der Waals surface area contributed by atoms with E-state index in [0.29, 0.717) is 5.92 Å². The molecule has 2 nitrogen and oxygen atoms in total. The van der Waals surface area contributed by atoms with Crippen LogP contribution in [0.25, 0.3) is 0 Å². The minimum Gasteiger partial charge on any atom is -0.495 e. The highest BCUT2D eigenvalue weighted by atomic mass is 79.9. The molecule has 0 saturated heterocycles. The van der Waals surface area contributed by atoms with Gasteiger partial charge in [-0.1, -0.05) is 25.3 Å². The molecule has 1 fully saturated rings. The van der Waals surface area contributed by atoms with E-state index in [1.54, 1.807) is 14.2 Å². The Labute approximate surface area is 128 Å². The number of hydrogen-bond donors (Lipinski definition) is 0. The molecule has 0 spiro atoms. The number of halogens is 2. The van der Waals surface area contributed by atoms with Crippen molar-refractivity contribution in [1.82, 2.24) is 0 Å². The summed E-state index contributed by atoms with van der Waals surface area (Å²) in [4.78, 5) is 0. The van der Waals surface area contributed by atoms with Gasteiger partial charge in [-0.25, -0.2) is 0 Å². The van der Waals surface area contributed by atoms with Gasteiger partial charge in [-0.15, -0.1) is 11.6 Å². The lowest BCUT2D eigenvalue weighted by Crippen LogP contribution is -2.13. The van der Waals surface area contributed by atoms with Gasteiger partial charge in [0.25, 0.3) is 0 Å². The summed E-state index contributed by atoms with van der Waals surface area (Å²) >= 11 is 10.2. The number of ether oxygens (including phenoxy) is 2. The first kappa shape index (κ1) is 15.0. The van der Waals surface area contributed by atoms with E-state index in [1.165, 1.54) is 32.1 Å². The molecular formula is C15H20BrClO2. The molecule has 0 N–H and O–H groups in total. The van der Waals surface area contributed by atoms with Gasteiger partial charge in [-0.05, 0) is 40.8 Å². The summed E-state index contributed by atoms with van der Waals surface area (Å²) in [7, 11) is 3.33.